The zero-order valence-corrected chi connectivity index (χ0v) is 10.0. The molecule has 0 aliphatic heterocycles. The summed E-state index contributed by atoms with van der Waals surface area (Å²) in [4.78, 5) is 13.5. The lowest BCUT2D eigenvalue weighted by Crippen LogP contribution is -2.29. The molecular formula is C9H16N4OS. The smallest absolute Gasteiger partial charge is 0.276 e. The Labute approximate surface area is 93.4 Å². The molecule has 0 radical (unpaired) electrons. The van der Waals surface area contributed by atoms with Gasteiger partial charge in [-0.1, -0.05) is 0 Å². The molecule has 5 nitrogen and oxygen atoms in total. The van der Waals surface area contributed by atoms with Gasteiger partial charge in [0, 0.05) is 19.3 Å². The number of rotatable bonds is 4. The van der Waals surface area contributed by atoms with Gasteiger partial charge in [0.05, 0.1) is 11.4 Å². The Morgan fingerprint density at radius 1 is 1.67 bits per heavy atom. The highest BCUT2D eigenvalue weighted by Gasteiger charge is 2.18. The first-order chi connectivity index (χ1) is 7.07. The molecule has 1 heterocycles. The zero-order chi connectivity index (χ0) is 11.4. The minimum Gasteiger partial charge on any atom is -0.395 e. The van der Waals surface area contributed by atoms with Crippen LogP contribution in [-0.4, -0.2) is 46.6 Å². The summed E-state index contributed by atoms with van der Waals surface area (Å²) in [5, 5.41) is 6.60. The molecule has 1 amide bonds. The second-order valence-electron chi connectivity index (χ2n) is 3.33. The van der Waals surface area contributed by atoms with Crippen LogP contribution in [0.5, 0.6) is 0 Å². The minimum atomic E-state index is -0.133. The number of anilines is 1. The fourth-order valence-corrected chi connectivity index (χ4v) is 1.57. The van der Waals surface area contributed by atoms with Crippen LogP contribution in [0.3, 0.4) is 0 Å². The Bertz CT molecular complexity index is 350. The van der Waals surface area contributed by atoms with E-state index in [1.54, 1.807) is 30.6 Å². The molecule has 1 rings (SSSR count). The number of carbonyl (C=O) groups is 1. The number of carbonyl (C=O) groups excluding carboxylic acids is 1. The van der Waals surface area contributed by atoms with Crippen LogP contribution in [0.2, 0.25) is 0 Å². The van der Waals surface area contributed by atoms with Crippen LogP contribution >= 0.6 is 11.8 Å². The SMILES string of the molecule is CSCCN(C)C(=O)c1n[nH]c(C)c1N. The van der Waals surface area contributed by atoms with Crippen LogP contribution in [0.25, 0.3) is 0 Å². The minimum absolute atomic E-state index is 0.133. The van der Waals surface area contributed by atoms with Crippen molar-refractivity contribution in [3.05, 3.63) is 11.4 Å². The largest absolute Gasteiger partial charge is 0.395 e. The number of aromatic amines is 1. The number of nitrogens with two attached hydrogens (primary N) is 1. The predicted molar refractivity (Wildman–Crippen MR) is 63.1 cm³/mol. The highest BCUT2D eigenvalue weighted by atomic mass is 32.2. The quantitative estimate of drug-likeness (QED) is 0.797. The van der Waals surface area contributed by atoms with Crippen LogP contribution < -0.4 is 5.73 Å². The molecule has 0 saturated carbocycles. The molecule has 0 bridgehead atoms. The van der Waals surface area contributed by atoms with Gasteiger partial charge in [-0.2, -0.15) is 16.9 Å². The molecule has 1 aromatic heterocycles. The number of aromatic nitrogens is 2. The number of hydrogen-bond donors (Lipinski definition) is 2. The molecule has 0 atom stereocenters. The topological polar surface area (TPSA) is 75.0 Å². The second-order valence-corrected chi connectivity index (χ2v) is 4.32. The highest BCUT2D eigenvalue weighted by Crippen LogP contribution is 2.14. The van der Waals surface area contributed by atoms with E-state index in [4.69, 9.17) is 5.73 Å². The third kappa shape index (κ3) is 2.65. The summed E-state index contributed by atoms with van der Waals surface area (Å²) in [7, 11) is 1.75. The fraction of sp³-hybridized carbons (Fsp3) is 0.556. The number of nitrogens with one attached hydrogen (secondary N) is 1. The first-order valence-corrected chi connectivity index (χ1v) is 6.02. The number of nitrogen functional groups attached to an aromatic ring is 1. The molecule has 0 fully saturated rings. The van der Waals surface area contributed by atoms with E-state index in [0.717, 1.165) is 11.4 Å². The van der Waals surface area contributed by atoms with E-state index in [-0.39, 0.29) is 5.91 Å². The van der Waals surface area contributed by atoms with Crippen LogP contribution in [0, 0.1) is 6.92 Å². The fourth-order valence-electron chi connectivity index (χ4n) is 1.11. The first kappa shape index (κ1) is 11.9. The van der Waals surface area contributed by atoms with E-state index in [1.807, 2.05) is 6.26 Å². The van der Waals surface area contributed by atoms with E-state index in [1.165, 1.54) is 0 Å². The Morgan fingerprint density at radius 2 is 2.33 bits per heavy atom. The molecular weight excluding hydrogens is 212 g/mol. The molecule has 84 valence electrons. The van der Waals surface area contributed by atoms with Crippen molar-refractivity contribution in [2.45, 2.75) is 6.92 Å². The van der Waals surface area contributed by atoms with E-state index in [2.05, 4.69) is 10.2 Å². The molecule has 0 unspecified atom stereocenters. The highest BCUT2D eigenvalue weighted by molar-refractivity contribution is 7.98. The van der Waals surface area contributed by atoms with Gasteiger partial charge in [0.25, 0.3) is 5.91 Å². The van der Waals surface area contributed by atoms with Gasteiger partial charge >= 0.3 is 0 Å². The Balaban J connectivity index is 2.72. The predicted octanol–water partition coefficient (Wildman–Crippen LogP) is 0.735. The third-order valence-corrected chi connectivity index (χ3v) is 2.77. The van der Waals surface area contributed by atoms with Crippen LogP contribution in [-0.2, 0) is 0 Å². The van der Waals surface area contributed by atoms with Crippen molar-refractivity contribution < 1.29 is 4.79 Å². The van der Waals surface area contributed by atoms with E-state index in [9.17, 15) is 4.79 Å². The Kier molecular flexibility index (Phi) is 4.02. The van der Waals surface area contributed by atoms with Crippen molar-refractivity contribution in [2.24, 2.45) is 0 Å². The van der Waals surface area contributed by atoms with Gasteiger partial charge in [-0.05, 0) is 13.2 Å². The summed E-state index contributed by atoms with van der Waals surface area (Å²) in [5.74, 6) is 0.775. The van der Waals surface area contributed by atoms with Crippen LogP contribution in [0.1, 0.15) is 16.2 Å². The number of thioether (sulfide) groups is 1. The molecule has 15 heavy (non-hydrogen) atoms. The summed E-state index contributed by atoms with van der Waals surface area (Å²) in [6.45, 7) is 2.49. The number of amides is 1. The van der Waals surface area contributed by atoms with E-state index in [0.29, 0.717) is 17.9 Å². The number of H-pyrrole nitrogens is 1. The maximum atomic E-state index is 11.8. The molecule has 0 aromatic carbocycles. The van der Waals surface area contributed by atoms with Gasteiger partial charge in [-0.15, -0.1) is 0 Å². The lowest BCUT2D eigenvalue weighted by atomic mass is 10.3. The van der Waals surface area contributed by atoms with Gasteiger partial charge in [-0.25, -0.2) is 0 Å². The molecule has 0 aliphatic rings. The van der Waals surface area contributed by atoms with Crippen molar-refractivity contribution in [3.8, 4) is 0 Å². The Hall–Kier alpha value is -1.17. The maximum Gasteiger partial charge on any atom is 0.276 e. The lowest BCUT2D eigenvalue weighted by Gasteiger charge is -2.15. The molecule has 3 N–H and O–H groups in total. The number of nitrogens with zero attached hydrogens (tertiary/aromatic N) is 2. The standard InChI is InChI=1S/C9H16N4OS/c1-6-7(10)8(12-11-6)9(14)13(2)4-5-15-3/h4-5,10H2,1-3H3,(H,11,12). The number of hydrogen-bond acceptors (Lipinski definition) is 4. The third-order valence-electron chi connectivity index (χ3n) is 2.17. The number of aryl methyl sites for hydroxylation is 1. The van der Waals surface area contributed by atoms with E-state index < -0.39 is 0 Å². The van der Waals surface area contributed by atoms with Gasteiger partial charge < -0.3 is 10.6 Å². The van der Waals surface area contributed by atoms with Crippen molar-refractivity contribution in [1.82, 2.24) is 15.1 Å². The Morgan fingerprint density at radius 3 is 2.80 bits per heavy atom. The summed E-state index contributed by atoms with van der Waals surface area (Å²) in [6.07, 6.45) is 2.01. The van der Waals surface area contributed by atoms with Crippen LogP contribution in [0.4, 0.5) is 5.69 Å². The summed E-state index contributed by atoms with van der Waals surface area (Å²) in [6, 6.07) is 0. The van der Waals surface area contributed by atoms with Gasteiger partial charge in [0.1, 0.15) is 0 Å². The molecule has 1 aromatic rings. The van der Waals surface area contributed by atoms with Crippen molar-refractivity contribution >= 4 is 23.4 Å². The molecule has 0 saturated heterocycles. The zero-order valence-electron chi connectivity index (χ0n) is 9.20. The average molecular weight is 228 g/mol. The van der Waals surface area contributed by atoms with E-state index >= 15 is 0 Å². The molecule has 0 spiro atoms. The average Bonchev–Trinajstić information content (AvgIpc) is 2.55. The van der Waals surface area contributed by atoms with Gasteiger partial charge in [0.2, 0.25) is 0 Å². The maximum absolute atomic E-state index is 11.8. The summed E-state index contributed by atoms with van der Waals surface area (Å²) in [5.41, 5.74) is 7.21. The second kappa shape index (κ2) is 5.06. The molecule has 0 aliphatic carbocycles. The summed E-state index contributed by atoms with van der Waals surface area (Å²) < 4.78 is 0. The first-order valence-electron chi connectivity index (χ1n) is 4.62. The van der Waals surface area contributed by atoms with Crippen molar-refractivity contribution in [1.29, 1.82) is 0 Å². The van der Waals surface area contributed by atoms with Crippen molar-refractivity contribution in [3.63, 3.8) is 0 Å². The van der Waals surface area contributed by atoms with Crippen molar-refractivity contribution in [2.75, 3.05) is 31.3 Å². The van der Waals surface area contributed by atoms with Gasteiger partial charge in [-0.3, -0.25) is 9.89 Å². The van der Waals surface area contributed by atoms with Gasteiger partial charge in [0.15, 0.2) is 5.69 Å². The normalized spacial score (nSPS) is 10.3. The van der Waals surface area contributed by atoms with Crippen LogP contribution in [0.15, 0.2) is 0 Å². The lowest BCUT2D eigenvalue weighted by molar-refractivity contribution is 0.0799. The summed E-state index contributed by atoms with van der Waals surface area (Å²) >= 11 is 1.70. The monoisotopic (exact) mass is 228 g/mol. The molecule has 6 heteroatoms.